The first kappa shape index (κ1) is 18.7. The Labute approximate surface area is 139 Å². The molecule has 0 saturated carbocycles. The zero-order valence-corrected chi connectivity index (χ0v) is 14.8. The van der Waals surface area contributed by atoms with E-state index in [1.54, 1.807) is 14.2 Å². The summed E-state index contributed by atoms with van der Waals surface area (Å²) in [6.07, 6.45) is 0. The monoisotopic (exact) mass is 318 g/mol. The lowest BCUT2D eigenvalue weighted by Gasteiger charge is -2.13. The van der Waals surface area contributed by atoms with Crippen LogP contribution in [0.2, 0.25) is 0 Å². The summed E-state index contributed by atoms with van der Waals surface area (Å²) in [7, 11) is 3.28. The van der Waals surface area contributed by atoms with Crippen LogP contribution in [0, 0.1) is 13.8 Å². The molecule has 4 heteroatoms. The molecule has 0 aliphatic heterocycles. The third kappa shape index (κ3) is 5.09. The van der Waals surface area contributed by atoms with Crippen molar-refractivity contribution < 1.29 is 18.9 Å². The van der Waals surface area contributed by atoms with Gasteiger partial charge in [0.2, 0.25) is 6.79 Å². The zero-order chi connectivity index (χ0) is 17.2. The standard InChI is InChI=1S/C17H20O4.C2H6/c1-12-6-5-7-16(17(12)19-4)21-11-20-14-8-9-15(18-3)13(2)10-14;1-2/h5-10H,11H2,1-4H3;1-2H3. The van der Waals surface area contributed by atoms with Crippen LogP contribution in [-0.2, 0) is 0 Å². The van der Waals surface area contributed by atoms with Crippen LogP contribution in [0.15, 0.2) is 36.4 Å². The van der Waals surface area contributed by atoms with Crippen molar-refractivity contribution in [2.45, 2.75) is 27.7 Å². The molecule has 2 aromatic carbocycles. The summed E-state index contributed by atoms with van der Waals surface area (Å²) in [5.74, 6) is 2.97. The molecule has 0 saturated heterocycles. The Morgan fingerprint density at radius 1 is 0.783 bits per heavy atom. The van der Waals surface area contributed by atoms with Crippen molar-refractivity contribution in [2.75, 3.05) is 21.0 Å². The second kappa shape index (κ2) is 9.62. The second-order valence-corrected chi connectivity index (χ2v) is 4.64. The molecule has 0 fully saturated rings. The van der Waals surface area contributed by atoms with Gasteiger partial charge in [-0.05, 0) is 49.2 Å². The average molecular weight is 318 g/mol. The highest BCUT2D eigenvalue weighted by Gasteiger charge is 2.07. The molecule has 2 rings (SSSR count). The van der Waals surface area contributed by atoms with Gasteiger partial charge in [0, 0.05) is 0 Å². The van der Waals surface area contributed by atoms with Crippen LogP contribution >= 0.6 is 0 Å². The van der Waals surface area contributed by atoms with E-state index in [4.69, 9.17) is 18.9 Å². The minimum atomic E-state index is 0.117. The van der Waals surface area contributed by atoms with E-state index >= 15 is 0 Å². The lowest BCUT2D eigenvalue weighted by Crippen LogP contribution is -2.07. The fourth-order valence-electron chi connectivity index (χ4n) is 2.10. The summed E-state index contributed by atoms with van der Waals surface area (Å²) >= 11 is 0. The van der Waals surface area contributed by atoms with Crippen LogP contribution in [0.25, 0.3) is 0 Å². The van der Waals surface area contributed by atoms with Crippen molar-refractivity contribution in [3.63, 3.8) is 0 Å². The van der Waals surface area contributed by atoms with Crippen molar-refractivity contribution in [3.8, 4) is 23.0 Å². The number of methoxy groups -OCH3 is 2. The molecule has 0 aliphatic carbocycles. The third-order valence-electron chi connectivity index (χ3n) is 3.19. The van der Waals surface area contributed by atoms with E-state index in [-0.39, 0.29) is 6.79 Å². The number of ether oxygens (including phenoxy) is 4. The Kier molecular flexibility index (Phi) is 7.81. The Morgan fingerprint density at radius 2 is 1.52 bits per heavy atom. The van der Waals surface area contributed by atoms with Gasteiger partial charge in [-0.1, -0.05) is 26.0 Å². The van der Waals surface area contributed by atoms with E-state index < -0.39 is 0 Å². The molecule has 2 aromatic rings. The Balaban J connectivity index is 0.00000127. The molecule has 0 spiro atoms. The van der Waals surface area contributed by atoms with Crippen LogP contribution in [0.3, 0.4) is 0 Å². The molecular formula is C19H26O4. The van der Waals surface area contributed by atoms with Gasteiger partial charge in [0.15, 0.2) is 11.5 Å². The predicted molar refractivity (Wildman–Crippen MR) is 92.9 cm³/mol. The molecule has 0 radical (unpaired) electrons. The summed E-state index contributed by atoms with van der Waals surface area (Å²) in [4.78, 5) is 0. The maximum atomic E-state index is 5.63. The largest absolute Gasteiger partial charge is 0.496 e. The highest BCUT2D eigenvalue weighted by atomic mass is 16.7. The van der Waals surface area contributed by atoms with Gasteiger partial charge < -0.3 is 18.9 Å². The molecule has 0 N–H and O–H groups in total. The SMILES string of the molecule is CC.COc1ccc(OCOc2cccc(C)c2OC)cc1C. The first-order chi connectivity index (χ1) is 11.2. The first-order valence-corrected chi connectivity index (χ1v) is 7.69. The van der Waals surface area contributed by atoms with E-state index in [2.05, 4.69) is 0 Å². The molecule has 23 heavy (non-hydrogen) atoms. The molecular weight excluding hydrogens is 292 g/mol. The smallest absolute Gasteiger partial charge is 0.231 e. The molecule has 0 amide bonds. The van der Waals surface area contributed by atoms with Crippen LogP contribution in [0.4, 0.5) is 0 Å². The zero-order valence-electron chi connectivity index (χ0n) is 14.8. The number of benzene rings is 2. The minimum absolute atomic E-state index is 0.117. The van der Waals surface area contributed by atoms with Gasteiger partial charge in [-0.15, -0.1) is 0 Å². The van der Waals surface area contributed by atoms with Crippen molar-refractivity contribution in [1.82, 2.24) is 0 Å². The number of para-hydroxylation sites is 1. The molecule has 0 aliphatic rings. The van der Waals surface area contributed by atoms with Crippen LogP contribution < -0.4 is 18.9 Å². The summed E-state index contributed by atoms with van der Waals surface area (Å²) < 4.78 is 21.8. The average Bonchev–Trinajstić information content (AvgIpc) is 2.57. The summed E-state index contributed by atoms with van der Waals surface area (Å²) in [5, 5.41) is 0. The molecule has 0 unspecified atom stereocenters. The maximum Gasteiger partial charge on any atom is 0.231 e. The Bertz CT molecular complexity index is 608. The minimum Gasteiger partial charge on any atom is -0.496 e. The van der Waals surface area contributed by atoms with Crippen LogP contribution in [-0.4, -0.2) is 21.0 Å². The van der Waals surface area contributed by atoms with Gasteiger partial charge in [-0.25, -0.2) is 0 Å². The van der Waals surface area contributed by atoms with Gasteiger partial charge in [-0.3, -0.25) is 0 Å². The maximum absolute atomic E-state index is 5.63. The molecule has 0 aromatic heterocycles. The first-order valence-electron chi connectivity index (χ1n) is 7.69. The van der Waals surface area contributed by atoms with Crippen LogP contribution in [0.5, 0.6) is 23.0 Å². The molecule has 126 valence electrons. The highest BCUT2D eigenvalue weighted by Crippen LogP contribution is 2.30. The van der Waals surface area contributed by atoms with E-state index in [0.717, 1.165) is 28.4 Å². The normalized spacial score (nSPS) is 9.48. The Morgan fingerprint density at radius 3 is 2.13 bits per heavy atom. The lowest BCUT2D eigenvalue weighted by atomic mass is 10.2. The summed E-state index contributed by atoms with van der Waals surface area (Å²) in [5.41, 5.74) is 2.04. The van der Waals surface area contributed by atoms with Crippen LogP contribution in [0.1, 0.15) is 25.0 Å². The van der Waals surface area contributed by atoms with Gasteiger partial charge in [0.1, 0.15) is 11.5 Å². The lowest BCUT2D eigenvalue weighted by molar-refractivity contribution is 0.116. The summed E-state index contributed by atoms with van der Waals surface area (Å²) in [6, 6.07) is 11.4. The van der Waals surface area contributed by atoms with E-state index in [0.29, 0.717) is 5.75 Å². The summed E-state index contributed by atoms with van der Waals surface area (Å²) in [6.45, 7) is 8.06. The fourth-order valence-corrected chi connectivity index (χ4v) is 2.10. The van der Waals surface area contributed by atoms with Crippen molar-refractivity contribution in [1.29, 1.82) is 0 Å². The molecule has 0 heterocycles. The Hall–Kier alpha value is -2.36. The second-order valence-electron chi connectivity index (χ2n) is 4.64. The van der Waals surface area contributed by atoms with Gasteiger partial charge in [0.05, 0.1) is 14.2 Å². The van der Waals surface area contributed by atoms with E-state index in [1.165, 1.54) is 0 Å². The van der Waals surface area contributed by atoms with E-state index in [9.17, 15) is 0 Å². The fraction of sp³-hybridized carbons (Fsp3) is 0.368. The predicted octanol–water partition coefficient (Wildman–Crippen LogP) is 4.76. The topological polar surface area (TPSA) is 36.9 Å². The number of rotatable bonds is 6. The van der Waals surface area contributed by atoms with Gasteiger partial charge >= 0.3 is 0 Å². The van der Waals surface area contributed by atoms with Crippen molar-refractivity contribution in [2.24, 2.45) is 0 Å². The van der Waals surface area contributed by atoms with Crippen molar-refractivity contribution in [3.05, 3.63) is 47.5 Å². The van der Waals surface area contributed by atoms with E-state index in [1.807, 2.05) is 64.1 Å². The quantitative estimate of drug-likeness (QED) is 0.719. The molecule has 0 bridgehead atoms. The third-order valence-corrected chi connectivity index (χ3v) is 3.19. The van der Waals surface area contributed by atoms with Crippen molar-refractivity contribution >= 4 is 0 Å². The molecule has 4 nitrogen and oxygen atoms in total. The highest BCUT2D eigenvalue weighted by molar-refractivity contribution is 5.45. The number of hydrogen-bond acceptors (Lipinski definition) is 4. The van der Waals surface area contributed by atoms with Gasteiger partial charge in [0.25, 0.3) is 0 Å². The number of hydrogen-bond donors (Lipinski definition) is 0. The molecule has 0 atom stereocenters. The van der Waals surface area contributed by atoms with Gasteiger partial charge in [-0.2, -0.15) is 0 Å². The number of aryl methyl sites for hydroxylation is 2.